The number of hydrogen-bond acceptors (Lipinski definition) is 3. The molecule has 2 aromatic carbocycles. The van der Waals surface area contributed by atoms with Crippen LogP contribution in [-0.2, 0) is 12.8 Å². The zero-order valence-electron chi connectivity index (χ0n) is 11.1. The number of fused-ring (bicyclic) bond motifs is 1. The molecule has 0 saturated heterocycles. The molecule has 0 aromatic heterocycles. The molecule has 0 N–H and O–H groups in total. The molecule has 20 heavy (non-hydrogen) atoms. The van der Waals surface area contributed by atoms with Gasteiger partial charge in [-0.05, 0) is 35.4 Å². The van der Waals surface area contributed by atoms with Crippen molar-refractivity contribution in [3.05, 3.63) is 59.2 Å². The fraction of sp³-hybridized carbons (Fsp3) is 0.235. The third kappa shape index (κ3) is 2.75. The Balaban J connectivity index is 1.58. The Hall–Kier alpha value is -2.47. The third-order valence-corrected chi connectivity index (χ3v) is 3.38. The number of rotatable bonds is 4. The zero-order chi connectivity index (χ0) is 13.8. The summed E-state index contributed by atoms with van der Waals surface area (Å²) in [5.74, 6) is 1.75. The van der Waals surface area contributed by atoms with Crippen LogP contribution in [0.2, 0.25) is 0 Å². The quantitative estimate of drug-likeness (QED) is 0.853. The second-order valence-corrected chi connectivity index (χ2v) is 4.78. The standard InChI is InChI=1S/C17H15NO2/c18-12-14-2-1-3-16(11-14)19-8-6-13-4-5-17-15(10-13)7-9-20-17/h1-5,10-11H,6-9H2. The van der Waals surface area contributed by atoms with Gasteiger partial charge in [0.1, 0.15) is 11.5 Å². The minimum atomic E-state index is 0.606. The highest BCUT2D eigenvalue weighted by atomic mass is 16.5. The first kappa shape index (κ1) is 12.6. The number of benzene rings is 2. The molecule has 3 heteroatoms. The first-order valence-electron chi connectivity index (χ1n) is 6.73. The van der Waals surface area contributed by atoms with E-state index >= 15 is 0 Å². The Morgan fingerprint density at radius 2 is 2.15 bits per heavy atom. The Kier molecular flexibility index (Phi) is 3.56. The monoisotopic (exact) mass is 265 g/mol. The van der Waals surface area contributed by atoms with Crippen LogP contribution in [0.1, 0.15) is 16.7 Å². The average Bonchev–Trinajstić information content (AvgIpc) is 2.95. The molecule has 3 nitrogen and oxygen atoms in total. The van der Waals surface area contributed by atoms with Gasteiger partial charge < -0.3 is 9.47 Å². The Morgan fingerprint density at radius 1 is 1.20 bits per heavy atom. The Morgan fingerprint density at radius 3 is 3.05 bits per heavy atom. The van der Waals surface area contributed by atoms with Crippen molar-refractivity contribution in [1.82, 2.24) is 0 Å². The van der Waals surface area contributed by atoms with E-state index in [0.717, 1.165) is 30.9 Å². The molecule has 0 spiro atoms. The van der Waals surface area contributed by atoms with E-state index in [0.29, 0.717) is 12.2 Å². The van der Waals surface area contributed by atoms with E-state index < -0.39 is 0 Å². The van der Waals surface area contributed by atoms with Crippen LogP contribution in [0.25, 0.3) is 0 Å². The molecule has 1 aliphatic rings. The van der Waals surface area contributed by atoms with Crippen molar-refractivity contribution >= 4 is 0 Å². The summed E-state index contributed by atoms with van der Waals surface area (Å²) in [6.07, 6.45) is 1.85. The lowest BCUT2D eigenvalue weighted by Gasteiger charge is -2.07. The lowest BCUT2D eigenvalue weighted by molar-refractivity contribution is 0.322. The first-order chi connectivity index (χ1) is 9.85. The largest absolute Gasteiger partial charge is 0.493 e. The van der Waals surface area contributed by atoms with E-state index in [1.165, 1.54) is 11.1 Å². The summed E-state index contributed by atoms with van der Waals surface area (Å²) in [6.45, 7) is 1.39. The molecule has 0 amide bonds. The third-order valence-electron chi connectivity index (χ3n) is 3.38. The topological polar surface area (TPSA) is 42.2 Å². The summed E-state index contributed by atoms with van der Waals surface area (Å²) >= 11 is 0. The van der Waals surface area contributed by atoms with Crippen LogP contribution < -0.4 is 9.47 Å². The van der Waals surface area contributed by atoms with Crippen molar-refractivity contribution in [2.45, 2.75) is 12.8 Å². The van der Waals surface area contributed by atoms with Crippen LogP contribution >= 0.6 is 0 Å². The molecule has 100 valence electrons. The molecule has 0 fully saturated rings. The number of ether oxygens (including phenoxy) is 2. The minimum Gasteiger partial charge on any atom is -0.493 e. The normalized spacial score (nSPS) is 12.3. The number of nitriles is 1. The van der Waals surface area contributed by atoms with Gasteiger partial charge in [-0.3, -0.25) is 0 Å². The van der Waals surface area contributed by atoms with Gasteiger partial charge in [0, 0.05) is 12.8 Å². The van der Waals surface area contributed by atoms with Gasteiger partial charge in [0.25, 0.3) is 0 Å². The van der Waals surface area contributed by atoms with Gasteiger partial charge in [-0.25, -0.2) is 0 Å². The zero-order valence-corrected chi connectivity index (χ0v) is 11.1. The molecule has 1 aliphatic heterocycles. The fourth-order valence-corrected chi connectivity index (χ4v) is 2.34. The van der Waals surface area contributed by atoms with E-state index in [9.17, 15) is 0 Å². The molecule has 2 aromatic rings. The van der Waals surface area contributed by atoms with Gasteiger partial charge in [0.05, 0.1) is 24.8 Å². The molecular formula is C17H15NO2. The lowest BCUT2D eigenvalue weighted by atomic mass is 10.1. The van der Waals surface area contributed by atoms with Crippen LogP contribution in [-0.4, -0.2) is 13.2 Å². The maximum Gasteiger partial charge on any atom is 0.122 e. The van der Waals surface area contributed by atoms with Gasteiger partial charge in [0.15, 0.2) is 0 Å². The van der Waals surface area contributed by atoms with Crippen LogP contribution in [0.15, 0.2) is 42.5 Å². The van der Waals surface area contributed by atoms with Crippen molar-refractivity contribution in [3.8, 4) is 17.6 Å². The summed E-state index contributed by atoms with van der Waals surface area (Å²) in [5, 5.41) is 8.84. The van der Waals surface area contributed by atoms with Gasteiger partial charge in [-0.2, -0.15) is 5.26 Å². The predicted molar refractivity (Wildman–Crippen MR) is 76.0 cm³/mol. The van der Waals surface area contributed by atoms with E-state index in [1.807, 2.05) is 18.2 Å². The summed E-state index contributed by atoms with van der Waals surface area (Å²) in [6, 6.07) is 15.7. The van der Waals surface area contributed by atoms with E-state index in [4.69, 9.17) is 14.7 Å². The van der Waals surface area contributed by atoms with Crippen molar-refractivity contribution in [3.63, 3.8) is 0 Å². The lowest BCUT2D eigenvalue weighted by Crippen LogP contribution is -2.01. The molecule has 1 heterocycles. The van der Waals surface area contributed by atoms with Crippen molar-refractivity contribution in [1.29, 1.82) is 5.26 Å². The average molecular weight is 265 g/mol. The maximum atomic E-state index is 8.84. The highest BCUT2D eigenvalue weighted by molar-refractivity contribution is 5.40. The summed E-state index contributed by atoms with van der Waals surface area (Å²) in [4.78, 5) is 0. The Bertz CT molecular complexity index is 658. The van der Waals surface area contributed by atoms with Gasteiger partial charge in [-0.1, -0.05) is 18.2 Å². The van der Waals surface area contributed by atoms with Gasteiger partial charge in [-0.15, -0.1) is 0 Å². The van der Waals surface area contributed by atoms with Crippen molar-refractivity contribution in [2.24, 2.45) is 0 Å². The first-order valence-corrected chi connectivity index (χ1v) is 6.73. The molecular weight excluding hydrogens is 250 g/mol. The Labute approximate surface area is 118 Å². The minimum absolute atomic E-state index is 0.606. The van der Waals surface area contributed by atoms with E-state index in [-0.39, 0.29) is 0 Å². The second kappa shape index (κ2) is 5.66. The SMILES string of the molecule is N#Cc1cccc(OCCc2ccc3c(c2)CCO3)c1. The van der Waals surface area contributed by atoms with Crippen molar-refractivity contribution < 1.29 is 9.47 Å². The maximum absolute atomic E-state index is 8.84. The smallest absolute Gasteiger partial charge is 0.122 e. The highest BCUT2D eigenvalue weighted by Gasteiger charge is 2.11. The van der Waals surface area contributed by atoms with E-state index in [1.54, 1.807) is 12.1 Å². The fourth-order valence-electron chi connectivity index (χ4n) is 2.34. The number of nitrogens with zero attached hydrogens (tertiary/aromatic N) is 1. The highest BCUT2D eigenvalue weighted by Crippen LogP contribution is 2.26. The van der Waals surface area contributed by atoms with E-state index in [2.05, 4.69) is 18.2 Å². The van der Waals surface area contributed by atoms with Crippen LogP contribution in [0, 0.1) is 11.3 Å². The van der Waals surface area contributed by atoms with Gasteiger partial charge >= 0.3 is 0 Å². The van der Waals surface area contributed by atoms with Crippen LogP contribution in [0.3, 0.4) is 0 Å². The van der Waals surface area contributed by atoms with Crippen LogP contribution in [0.5, 0.6) is 11.5 Å². The molecule has 0 radical (unpaired) electrons. The molecule has 3 rings (SSSR count). The number of hydrogen-bond donors (Lipinski definition) is 0. The summed E-state index contributed by atoms with van der Waals surface area (Å²) in [5.41, 5.74) is 3.16. The predicted octanol–water partition coefficient (Wildman–Crippen LogP) is 3.11. The second-order valence-electron chi connectivity index (χ2n) is 4.78. The molecule has 0 saturated carbocycles. The van der Waals surface area contributed by atoms with Crippen LogP contribution in [0.4, 0.5) is 0 Å². The van der Waals surface area contributed by atoms with Gasteiger partial charge in [0.2, 0.25) is 0 Å². The van der Waals surface area contributed by atoms with Crippen molar-refractivity contribution in [2.75, 3.05) is 13.2 Å². The molecule has 0 unspecified atom stereocenters. The molecule has 0 aliphatic carbocycles. The molecule has 0 atom stereocenters. The molecule has 0 bridgehead atoms. The summed E-state index contributed by atoms with van der Waals surface area (Å²) in [7, 11) is 0. The summed E-state index contributed by atoms with van der Waals surface area (Å²) < 4.78 is 11.2.